The molecule has 3 aliphatic rings. The van der Waals surface area contributed by atoms with E-state index < -0.39 is 10.0 Å². The number of benzene rings is 2. The van der Waals surface area contributed by atoms with Crippen LogP contribution in [-0.4, -0.2) is 64.1 Å². The highest BCUT2D eigenvalue weighted by Crippen LogP contribution is 2.38. The second kappa shape index (κ2) is 13.7. The third-order valence-corrected chi connectivity index (χ3v) is 9.96. The molecular formula is C32H39N3O6S. The van der Waals surface area contributed by atoms with E-state index in [-0.39, 0.29) is 28.8 Å². The van der Waals surface area contributed by atoms with Crippen molar-refractivity contribution in [1.29, 1.82) is 0 Å². The van der Waals surface area contributed by atoms with Crippen molar-refractivity contribution in [3.8, 4) is 11.8 Å². The zero-order valence-corrected chi connectivity index (χ0v) is 24.6. The fraction of sp³-hybridized carbons (Fsp3) is 0.500. The minimum absolute atomic E-state index is 0.0576. The van der Waals surface area contributed by atoms with Gasteiger partial charge in [-0.25, -0.2) is 13.1 Å². The molecule has 3 N–H and O–H groups in total. The highest BCUT2D eigenvalue weighted by molar-refractivity contribution is 7.89. The smallest absolute Gasteiger partial charge is 0.293 e. The van der Waals surface area contributed by atoms with E-state index in [1.165, 1.54) is 25.0 Å². The van der Waals surface area contributed by atoms with Gasteiger partial charge in [0.25, 0.3) is 6.47 Å². The van der Waals surface area contributed by atoms with Crippen LogP contribution in [0.25, 0.3) is 0 Å². The minimum atomic E-state index is -3.77. The van der Waals surface area contributed by atoms with Crippen LogP contribution in [0.4, 0.5) is 5.69 Å². The molecule has 9 nitrogen and oxygen atoms in total. The summed E-state index contributed by atoms with van der Waals surface area (Å²) in [6, 6.07) is 12.4. The topological polar surface area (TPSA) is 128 Å². The quantitative estimate of drug-likeness (QED) is 0.187. The van der Waals surface area contributed by atoms with Crippen molar-refractivity contribution < 1.29 is 27.5 Å². The number of carbonyl (C=O) groups is 2. The molecule has 3 fully saturated rings. The van der Waals surface area contributed by atoms with Gasteiger partial charge in [0.1, 0.15) is 0 Å². The summed E-state index contributed by atoms with van der Waals surface area (Å²) < 4.78 is 39.5. The third kappa shape index (κ3) is 7.71. The number of morpholine rings is 1. The zero-order chi connectivity index (χ0) is 29.5. The van der Waals surface area contributed by atoms with E-state index in [1.54, 1.807) is 6.07 Å². The average molecular weight is 594 g/mol. The van der Waals surface area contributed by atoms with Crippen molar-refractivity contribution in [3.63, 3.8) is 0 Å². The van der Waals surface area contributed by atoms with Gasteiger partial charge in [-0.15, -0.1) is 0 Å². The van der Waals surface area contributed by atoms with Crippen molar-refractivity contribution in [2.45, 2.75) is 68.3 Å². The molecule has 1 aliphatic heterocycles. The second-order valence-electron chi connectivity index (χ2n) is 11.4. The van der Waals surface area contributed by atoms with Crippen LogP contribution in [0.1, 0.15) is 61.6 Å². The third-order valence-electron chi connectivity index (χ3n) is 8.44. The van der Waals surface area contributed by atoms with Crippen molar-refractivity contribution in [3.05, 3.63) is 59.2 Å². The lowest BCUT2D eigenvalue weighted by atomic mass is 9.85. The summed E-state index contributed by atoms with van der Waals surface area (Å²) in [5.41, 5.74) is 8.97. The summed E-state index contributed by atoms with van der Waals surface area (Å²) >= 11 is 0. The Balaban J connectivity index is 1.13. The van der Waals surface area contributed by atoms with Gasteiger partial charge in [0, 0.05) is 35.3 Å². The van der Waals surface area contributed by atoms with Crippen LogP contribution in [0, 0.1) is 23.7 Å². The molecule has 42 heavy (non-hydrogen) atoms. The maximum Gasteiger partial charge on any atom is 0.293 e. The van der Waals surface area contributed by atoms with Gasteiger partial charge in [-0.3, -0.25) is 9.59 Å². The Kier molecular flexibility index (Phi) is 9.83. The molecule has 2 saturated carbocycles. The maximum atomic E-state index is 13.3. The lowest BCUT2D eigenvalue weighted by Gasteiger charge is -2.39. The number of hydrogen-bond acceptors (Lipinski definition) is 7. The molecule has 0 unspecified atom stereocenters. The molecule has 10 heteroatoms. The van der Waals surface area contributed by atoms with E-state index in [0.717, 1.165) is 24.0 Å². The average Bonchev–Trinajstić information content (AvgIpc) is 3.85. The molecular weight excluding hydrogens is 554 g/mol. The standard InChI is InChI=1S/C32H39N3O6S/c33-30-20-29(16-13-25(30)8-7-24-5-3-23(4-6-24)2-1-18-41-22-36)42(38,39)34-28-14-11-27(12-15-28)32(37)35-17-19-40-21-31(35)26-9-10-26/h3-6,13,16,20,22,26-28,31,34H,1-2,9-12,14-15,17-19,21,33H2/t27?,28?,31-/m1/s1. The molecule has 5 rings (SSSR count). The SMILES string of the molecule is Nc1cc(S(=O)(=O)NC2CCC(C(=O)N3CCOC[C@@H]3C3CC3)CC2)ccc1C#Cc1ccc(CCCOC=O)cc1. The Morgan fingerprint density at radius 2 is 1.83 bits per heavy atom. The van der Waals surface area contributed by atoms with Crippen molar-refractivity contribution in [2.75, 3.05) is 32.1 Å². The van der Waals surface area contributed by atoms with Gasteiger partial charge in [-0.05, 0) is 93.2 Å². The van der Waals surface area contributed by atoms with Gasteiger partial charge >= 0.3 is 0 Å². The monoisotopic (exact) mass is 593 g/mol. The first-order chi connectivity index (χ1) is 20.3. The lowest BCUT2D eigenvalue weighted by molar-refractivity contribution is -0.146. The molecule has 0 radical (unpaired) electrons. The summed E-state index contributed by atoms with van der Waals surface area (Å²) in [7, 11) is -3.77. The van der Waals surface area contributed by atoms with E-state index in [9.17, 15) is 18.0 Å². The number of sulfonamides is 1. The molecule has 2 aromatic carbocycles. The second-order valence-corrected chi connectivity index (χ2v) is 13.2. The number of nitrogens with zero attached hydrogens (tertiary/aromatic N) is 1. The van der Waals surface area contributed by atoms with E-state index in [2.05, 4.69) is 16.6 Å². The van der Waals surface area contributed by atoms with Crippen LogP contribution in [0.5, 0.6) is 0 Å². The number of rotatable bonds is 10. The first-order valence-corrected chi connectivity index (χ1v) is 16.3. The van der Waals surface area contributed by atoms with Gasteiger partial charge in [-0.2, -0.15) is 0 Å². The largest absolute Gasteiger partial charge is 0.468 e. The maximum absolute atomic E-state index is 13.3. The van der Waals surface area contributed by atoms with E-state index in [0.29, 0.717) is 75.7 Å². The van der Waals surface area contributed by atoms with Gasteiger partial charge < -0.3 is 20.1 Å². The molecule has 224 valence electrons. The molecule has 0 spiro atoms. The minimum Gasteiger partial charge on any atom is -0.468 e. The van der Waals surface area contributed by atoms with Crippen LogP contribution in [0.15, 0.2) is 47.4 Å². The molecule has 1 saturated heterocycles. The molecule has 1 amide bonds. The van der Waals surface area contributed by atoms with Crippen LogP contribution >= 0.6 is 0 Å². The highest BCUT2D eigenvalue weighted by atomic mass is 32.2. The van der Waals surface area contributed by atoms with Gasteiger partial charge in [0.2, 0.25) is 15.9 Å². The fourth-order valence-corrected chi connectivity index (χ4v) is 7.21. The van der Waals surface area contributed by atoms with E-state index in [4.69, 9.17) is 15.2 Å². The van der Waals surface area contributed by atoms with Crippen LogP contribution in [-0.2, 0) is 35.5 Å². The lowest BCUT2D eigenvalue weighted by Crippen LogP contribution is -2.52. The van der Waals surface area contributed by atoms with Crippen LogP contribution < -0.4 is 10.5 Å². The zero-order valence-electron chi connectivity index (χ0n) is 23.8. The Morgan fingerprint density at radius 1 is 1.07 bits per heavy atom. The molecule has 1 heterocycles. The normalized spacial score (nSPS) is 22.6. The Hall–Kier alpha value is -3.39. The predicted molar refractivity (Wildman–Crippen MR) is 159 cm³/mol. The number of ether oxygens (including phenoxy) is 2. The van der Waals surface area contributed by atoms with Gasteiger partial charge in [0.05, 0.1) is 30.8 Å². The number of nitrogen functional groups attached to an aromatic ring is 1. The summed E-state index contributed by atoms with van der Waals surface area (Å²) in [5.74, 6) is 6.83. The summed E-state index contributed by atoms with van der Waals surface area (Å²) in [6.45, 7) is 2.72. The van der Waals surface area contributed by atoms with Gasteiger partial charge in [-0.1, -0.05) is 24.0 Å². The molecule has 2 aliphatic carbocycles. The first kappa shape index (κ1) is 30.1. The molecule has 1 atom stereocenters. The Bertz CT molecular complexity index is 1420. The van der Waals surface area contributed by atoms with E-state index in [1.807, 2.05) is 29.2 Å². The van der Waals surface area contributed by atoms with Crippen molar-refractivity contribution in [2.24, 2.45) is 11.8 Å². The Labute approximate surface area is 248 Å². The van der Waals surface area contributed by atoms with Crippen LogP contribution in [0.3, 0.4) is 0 Å². The van der Waals surface area contributed by atoms with Crippen LogP contribution in [0.2, 0.25) is 0 Å². The number of carbonyl (C=O) groups excluding carboxylic acids is 2. The first-order valence-electron chi connectivity index (χ1n) is 14.8. The molecule has 0 aromatic heterocycles. The predicted octanol–water partition coefficient (Wildman–Crippen LogP) is 3.25. The molecule has 0 bridgehead atoms. The number of hydrogen-bond donors (Lipinski definition) is 2. The van der Waals surface area contributed by atoms with Crippen molar-refractivity contribution in [1.82, 2.24) is 9.62 Å². The van der Waals surface area contributed by atoms with Crippen molar-refractivity contribution >= 4 is 28.1 Å². The Morgan fingerprint density at radius 3 is 2.52 bits per heavy atom. The summed E-state index contributed by atoms with van der Waals surface area (Å²) in [4.78, 5) is 25.7. The van der Waals surface area contributed by atoms with Gasteiger partial charge in [0.15, 0.2) is 0 Å². The number of nitrogens with two attached hydrogens (primary N) is 1. The molecule has 2 aromatic rings. The fourth-order valence-electron chi connectivity index (χ4n) is 5.87. The summed E-state index contributed by atoms with van der Waals surface area (Å²) in [6.07, 6.45) is 6.48. The summed E-state index contributed by atoms with van der Waals surface area (Å²) in [5, 5.41) is 0. The number of amides is 1. The number of aryl methyl sites for hydroxylation is 1. The number of anilines is 1. The highest BCUT2D eigenvalue weighted by Gasteiger charge is 2.41. The van der Waals surface area contributed by atoms with E-state index >= 15 is 0 Å². The number of nitrogens with one attached hydrogen (secondary N) is 1.